The van der Waals surface area contributed by atoms with E-state index in [1.807, 2.05) is 11.9 Å². The van der Waals surface area contributed by atoms with E-state index in [2.05, 4.69) is 0 Å². The van der Waals surface area contributed by atoms with Crippen LogP contribution in [0.1, 0.15) is 19.3 Å². The molecule has 0 amide bonds. The fraction of sp³-hybridized carbons (Fsp3) is 0.900. The first-order valence-electron chi connectivity index (χ1n) is 5.27. The van der Waals surface area contributed by atoms with Gasteiger partial charge < -0.3 is 19.8 Å². The molecule has 1 saturated heterocycles. The van der Waals surface area contributed by atoms with E-state index in [0.29, 0.717) is 12.6 Å². The van der Waals surface area contributed by atoms with Crippen LogP contribution in [0.5, 0.6) is 0 Å². The number of aliphatic carboxylic acids is 1. The Morgan fingerprint density at radius 3 is 2.67 bits per heavy atom. The molecule has 0 aromatic heterocycles. The zero-order valence-corrected chi connectivity index (χ0v) is 9.06. The summed E-state index contributed by atoms with van der Waals surface area (Å²) in [7, 11) is 1.92. The number of nitrogens with zero attached hydrogens (tertiary/aromatic N) is 1. The maximum Gasteiger partial charge on any atom is 0.306 e. The number of rotatable bonds is 5. The van der Waals surface area contributed by atoms with Gasteiger partial charge in [-0.1, -0.05) is 0 Å². The smallest absolute Gasteiger partial charge is 0.306 e. The van der Waals surface area contributed by atoms with Gasteiger partial charge in [-0.25, -0.2) is 0 Å². The van der Waals surface area contributed by atoms with E-state index < -0.39 is 12.1 Å². The van der Waals surface area contributed by atoms with Crippen LogP contribution in [-0.2, 0) is 9.53 Å². The molecular weight excluding hydrogens is 198 g/mol. The number of aliphatic hydroxyl groups excluding tert-OH is 1. The van der Waals surface area contributed by atoms with E-state index in [1.165, 1.54) is 0 Å². The molecule has 2 N–H and O–H groups in total. The lowest BCUT2D eigenvalue weighted by Gasteiger charge is -2.32. The fourth-order valence-corrected chi connectivity index (χ4v) is 1.87. The number of hydrogen-bond acceptors (Lipinski definition) is 4. The van der Waals surface area contributed by atoms with Crippen LogP contribution in [0, 0.1) is 0 Å². The Kier molecular flexibility index (Phi) is 5.01. The summed E-state index contributed by atoms with van der Waals surface area (Å²) in [6, 6.07) is 0.405. The van der Waals surface area contributed by atoms with Crippen molar-refractivity contribution in [1.29, 1.82) is 0 Å². The minimum absolute atomic E-state index is 0.187. The second kappa shape index (κ2) is 6.05. The van der Waals surface area contributed by atoms with Crippen molar-refractivity contribution in [3.63, 3.8) is 0 Å². The van der Waals surface area contributed by atoms with Crippen molar-refractivity contribution in [3.8, 4) is 0 Å². The first-order valence-corrected chi connectivity index (χ1v) is 5.27. The molecule has 1 unspecified atom stereocenters. The average molecular weight is 217 g/mol. The number of carboxylic acids is 1. The van der Waals surface area contributed by atoms with Crippen molar-refractivity contribution in [2.24, 2.45) is 0 Å². The maximum absolute atomic E-state index is 10.4. The van der Waals surface area contributed by atoms with Gasteiger partial charge in [0.25, 0.3) is 0 Å². The van der Waals surface area contributed by atoms with Gasteiger partial charge >= 0.3 is 5.97 Å². The molecule has 0 bridgehead atoms. The molecule has 0 aromatic rings. The molecule has 1 rings (SSSR count). The topological polar surface area (TPSA) is 70.0 Å². The average Bonchev–Trinajstić information content (AvgIpc) is 2.17. The van der Waals surface area contributed by atoms with E-state index in [4.69, 9.17) is 9.84 Å². The normalized spacial score (nSPS) is 20.5. The summed E-state index contributed by atoms with van der Waals surface area (Å²) in [6.45, 7) is 1.92. The monoisotopic (exact) mass is 217 g/mol. The van der Waals surface area contributed by atoms with Gasteiger partial charge in [-0.3, -0.25) is 4.79 Å². The predicted octanol–water partition coefficient (Wildman–Crippen LogP) is -0.0672. The molecule has 15 heavy (non-hydrogen) atoms. The van der Waals surface area contributed by atoms with Crippen molar-refractivity contribution in [3.05, 3.63) is 0 Å². The molecule has 0 saturated carbocycles. The number of likely N-dealkylation sites (N-methyl/N-ethyl adjacent to an activating group) is 1. The number of ether oxygens (including phenoxy) is 1. The van der Waals surface area contributed by atoms with Gasteiger partial charge in [0.2, 0.25) is 0 Å². The predicted molar refractivity (Wildman–Crippen MR) is 54.7 cm³/mol. The van der Waals surface area contributed by atoms with Gasteiger partial charge in [0.15, 0.2) is 0 Å². The van der Waals surface area contributed by atoms with Crippen LogP contribution in [0.3, 0.4) is 0 Å². The van der Waals surface area contributed by atoms with Gasteiger partial charge in [0, 0.05) is 25.8 Å². The zero-order valence-electron chi connectivity index (χ0n) is 9.06. The van der Waals surface area contributed by atoms with Crippen LogP contribution in [0.15, 0.2) is 0 Å². The van der Waals surface area contributed by atoms with Crippen LogP contribution in [-0.4, -0.2) is 60.0 Å². The van der Waals surface area contributed by atoms with Crippen molar-refractivity contribution >= 4 is 5.97 Å². The Bertz CT molecular complexity index is 204. The standard InChI is InChI=1S/C10H19NO4/c1-11(7-9(12)6-10(13)14)8-2-4-15-5-3-8/h8-9,12H,2-7H2,1H3,(H,13,14). The first kappa shape index (κ1) is 12.4. The van der Waals surface area contributed by atoms with Gasteiger partial charge in [-0.2, -0.15) is 0 Å². The van der Waals surface area contributed by atoms with Gasteiger partial charge in [-0.05, 0) is 19.9 Å². The minimum Gasteiger partial charge on any atom is -0.481 e. The molecule has 1 aliphatic heterocycles. The Morgan fingerprint density at radius 2 is 2.13 bits per heavy atom. The number of hydrogen-bond donors (Lipinski definition) is 2. The molecule has 88 valence electrons. The van der Waals surface area contributed by atoms with Crippen LogP contribution < -0.4 is 0 Å². The molecule has 0 aromatic carbocycles. The number of carboxylic acid groups (broad SMARTS) is 1. The van der Waals surface area contributed by atoms with Crippen LogP contribution in [0.4, 0.5) is 0 Å². The summed E-state index contributed by atoms with van der Waals surface area (Å²) < 4.78 is 5.24. The van der Waals surface area contributed by atoms with Gasteiger partial charge in [0.1, 0.15) is 0 Å². The Morgan fingerprint density at radius 1 is 1.53 bits per heavy atom. The second-order valence-electron chi connectivity index (χ2n) is 4.03. The van der Waals surface area contributed by atoms with Gasteiger partial charge in [-0.15, -0.1) is 0 Å². The molecule has 1 heterocycles. The number of aliphatic hydroxyl groups is 1. The third-order valence-corrected chi connectivity index (χ3v) is 2.72. The summed E-state index contributed by atoms with van der Waals surface area (Å²) in [5.74, 6) is -0.956. The van der Waals surface area contributed by atoms with Crippen molar-refractivity contribution in [2.75, 3.05) is 26.8 Å². The Hall–Kier alpha value is -0.650. The van der Waals surface area contributed by atoms with Crippen LogP contribution >= 0.6 is 0 Å². The highest BCUT2D eigenvalue weighted by Gasteiger charge is 2.21. The SMILES string of the molecule is CN(CC(O)CC(=O)O)C1CCOCC1. The Balaban J connectivity index is 2.26. The summed E-state index contributed by atoms with van der Waals surface area (Å²) >= 11 is 0. The third-order valence-electron chi connectivity index (χ3n) is 2.72. The zero-order chi connectivity index (χ0) is 11.3. The quantitative estimate of drug-likeness (QED) is 0.674. The maximum atomic E-state index is 10.4. The van der Waals surface area contributed by atoms with Gasteiger partial charge in [0.05, 0.1) is 12.5 Å². The molecule has 0 spiro atoms. The molecule has 0 radical (unpaired) electrons. The number of carbonyl (C=O) groups is 1. The van der Waals surface area contributed by atoms with Crippen LogP contribution in [0.2, 0.25) is 0 Å². The van der Waals surface area contributed by atoms with Crippen molar-refractivity contribution in [2.45, 2.75) is 31.4 Å². The van der Waals surface area contributed by atoms with E-state index in [-0.39, 0.29) is 6.42 Å². The lowest BCUT2D eigenvalue weighted by atomic mass is 10.1. The summed E-state index contributed by atoms with van der Waals surface area (Å²) in [5.41, 5.74) is 0. The highest BCUT2D eigenvalue weighted by atomic mass is 16.5. The second-order valence-corrected chi connectivity index (χ2v) is 4.03. The molecule has 5 heteroatoms. The molecule has 1 fully saturated rings. The molecule has 1 aliphatic rings. The molecule has 5 nitrogen and oxygen atoms in total. The van der Waals surface area contributed by atoms with E-state index in [9.17, 15) is 9.90 Å². The summed E-state index contributed by atoms with van der Waals surface area (Å²) in [4.78, 5) is 12.4. The van der Waals surface area contributed by atoms with E-state index in [0.717, 1.165) is 26.1 Å². The summed E-state index contributed by atoms with van der Waals surface area (Å²) in [6.07, 6.45) is 0.940. The Labute approximate surface area is 89.6 Å². The molecular formula is C10H19NO4. The highest BCUT2D eigenvalue weighted by Crippen LogP contribution is 2.13. The van der Waals surface area contributed by atoms with Crippen LogP contribution in [0.25, 0.3) is 0 Å². The van der Waals surface area contributed by atoms with E-state index in [1.54, 1.807) is 0 Å². The highest BCUT2D eigenvalue weighted by molar-refractivity contribution is 5.67. The van der Waals surface area contributed by atoms with Crippen molar-refractivity contribution in [1.82, 2.24) is 4.90 Å². The van der Waals surface area contributed by atoms with E-state index >= 15 is 0 Å². The molecule has 0 aliphatic carbocycles. The third kappa shape index (κ3) is 4.59. The first-order chi connectivity index (χ1) is 7.09. The minimum atomic E-state index is -0.956. The van der Waals surface area contributed by atoms with Crippen molar-refractivity contribution < 1.29 is 19.7 Å². The summed E-state index contributed by atoms with van der Waals surface area (Å²) in [5, 5.41) is 18.0. The lowest BCUT2D eigenvalue weighted by molar-refractivity contribution is -0.139. The largest absolute Gasteiger partial charge is 0.481 e. The molecule has 1 atom stereocenters. The fourth-order valence-electron chi connectivity index (χ4n) is 1.87. The lowest BCUT2D eigenvalue weighted by Crippen LogP contribution is -2.41.